The summed E-state index contributed by atoms with van der Waals surface area (Å²) in [5.41, 5.74) is 3.23. The Morgan fingerprint density at radius 3 is 2.70 bits per heavy atom. The number of hydrogen-bond acceptors (Lipinski definition) is 2. The molecule has 106 valence electrons. The molecule has 0 unspecified atom stereocenters. The Labute approximate surface area is 120 Å². The average Bonchev–Trinajstić information content (AvgIpc) is 2.91. The molecule has 2 rings (SSSR count). The summed E-state index contributed by atoms with van der Waals surface area (Å²) in [5, 5.41) is 3.04. The highest BCUT2D eigenvalue weighted by Crippen LogP contribution is 2.27. The second kappa shape index (κ2) is 6.42. The summed E-state index contributed by atoms with van der Waals surface area (Å²) in [6.45, 7) is 6.29. The van der Waals surface area contributed by atoms with Gasteiger partial charge in [0.05, 0.1) is 6.26 Å². The smallest absolute Gasteiger partial charge is 0.224 e. The second-order valence-electron chi connectivity index (χ2n) is 5.32. The number of rotatable bonds is 5. The quantitative estimate of drug-likeness (QED) is 0.881. The number of carbonyl (C=O) groups excluding carboxylic acids is 1. The summed E-state index contributed by atoms with van der Waals surface area (Å²) in [5.74, 6) is 1.25. The second-order valence-corrected chi connectivity index (χ2v) is 5.32. The van der Waals surface area contributed by atoms with Crippen LogP contribution in [0.3, 0.4) is 0 Å². The van der Waals surface area contributed by atoms with Crippen molar-refractivity contribution >= 4 is 11.6 Å². The van der Waals surface area contributed by atoms with E-state index in [0.717, 1.165) is 17.0 Å². The first-order valence-electron chi connectivity index (χ1n) is 6.99. The third kappa shape index (κ3) is 3.50. The molecule has 0 saturated carbocycles. The van der Waals surface area contributed by atoms with Crippen molar-refractivity contribution in [3.05, 3.63) is 53.5 Å². The molecule has 0 aliphatic rings. The Balaban J connectivity index is 2.04. The van der Waals surface area contributed by atoms with E-state index in [4.69, 9.17) is 4.42 Å². The van der Waals surface area contributed by atoms with E-state index in [9.17, 15) is 4.79 Å². The lowest BCUT2D eigenvalue weighted by Crippen LogP contribution is -2.15. The summed E-state index contributed by atoms with van der Waals surface area (Å²) in [6, 6.07) is 9.85. The normalized spacial score (nSPS) is 10.8. The first-order chi connectivity index (χ1) is 9.58. The number of hydrogen-bond donors (Lipinski definition) is 1. The van der Waals surface area contributed by atoms with Crippen molar-refractivity contribution in [3.8, 4) is 0 Å². The number of carbonyl (C=O) groups is 1. The maximum atomic E-state index is 12.1. The molecule has 20 heavy (non-hydrogen) atoms. The molecule has 2 aromatic rings. The fraction of sp³-hybridized carbons (Fsp3) is 0.353. The lowest BCUT2D eigenvalue weighted by molar-refractivity contribution is -0.116. The number of aryl methyl sites for hydroxylation is 2. The molecule has 1 amide bonds. The standard InChI is InChI=1S/C17H21NO2/c1-12(2)15-8-4-6-13(3)17(15)18-16(19)10-9-14-7-5-11-20-14/h4-8,11-12H,9-10H2,1-3H3,(H,18,19). The molecule has 0 fully saturated rings. The third-order valence-electron chi connectivity index (χ3n) is 3.37. The Kier molecular flexibility index (Phi) is 4.61. The zero-order valence-electron chi connectivity index (χ0n) is 12.3. The fourth-order valence-corrected chi connectivity index (χ4v) is 2.24. The van der Waals surface area contributed by atoms with Crippen LogP contribution in [0.15, 0.2) is 41.0 Å². The van der Waals surface area contributed by atoms with Crippen LogP contribution in [-0.2, 0) is 11.2 Å². The van der Waals surface area contributed by atoms with Gasteiger partial charge in [0.15, 0.2) is 0 Å². The molecule has 0 radical (unpaired) electrons. The van der Waals surface area contributed by atoms with E-state index >= 15 is 0 Å². The Morgan fingerprint density at radius 1 is 1.25 bits per heavy atom. The van der Waals surface area contributed by atoms with Gasteiger partial charge in [-0.2, -0.15) is 0 Å². The largest absolute Gasteiger partial charge is 0.469 e. The summed E-state index contributed by atoms with van der Waals surface area (Å²) >= 11 is 0. The van der Waals surface area contributed by atoms with Gasteiger partial charge >= 0.3 is 0 Å². The van der Waals surface area contributed by atoms with Crippen molar-refractivity contribution in [2.24, 2.45) is 0 Å². The zero-order chi connectivity index (χ0) is 14.5. The zero-order valence-corrected chi connectivity index (χ0v) is 12.3. The van der Waals surface area contributed by atoms with Crippen LogP contribution in [0.1, 0.15) is 43.1 Å². The number of nitrogens with one attached hydrogen (secondary N) is 1. The maximum absolute atomic E-state index is 12.1. The molecular weight excluding hydrogens is 250 g/mol. The van der Waals surface area contributed by atoms with E-state index in [2.05, 4.69) is 25.2 Å². The van der Waals surface area contributed by atoms with Gasteiger partial charge in [0.1, 0.15) is 5.76 Å². The van der Waals surface area contributed by atoms with Crippen LogP contribution in [0, 0.1) is 6.92 Å². The topological polar surface area (TPSA) is 42.2 Å². The highest BCUT2D eigenvalue weighted by molar-refractivity contribution is 5.92. The monoisotopic (exact) mass is 271 g/mol. The van der Waals surface area contributed by atoms with Crippen molar-refractivity contribution in [1.82, 2.24) is 0 Å². The van der Waals surface area contributed by atoms with Gasteiger partial charge in [-0.15, -0.1) is 0 Å². The highest BCUT2D eigenvalue weighted by atomic mass is 16.3. The van der Waals surface area contributed by atoms with Gasteiger partial charge in [0, 0.05) is 18.5 Å². The molecule has 1 N–H and O–H groups in total. The van der Waals surface area contributed by atoms with E-state index < -0.39 is 0 Å². The van der Waals surface area contributed by atoms with E-state index in [0.29, 0.717) is 18.8 Å². The third-order valence-corrected chi connectivity index (χ3v) is 3.37. The van der Waals surface area contributed by atoms with Crippen LogP contribution in [0.4, 0.5) is 5.69 Å². The summed E-state index contributed by atoms with van der Waals surface area (Å²) in [7, 11) is 0. The Bertz CT molecular complexity index is 571. The molecule has 0 aliphatic carbocycles. The lowest BCUT2D eigenvalue weighted by Gasteiger charge is -2.16. The molecular formula is C17H21NO2. The van der Waals surface area contributed by atoms with E-state index in [1.54, 1.807) is 6.26 Å². The minimum atomic E-state index is 0.0256. The molecule has 0 atom stereocenters. The van der Waals surface area contributed by atoms with Crippen molar-refractivity contribution in [1.29, 1.82) is 0 Å². The van der Waals surface area contributed by atoms with Crippen LogP contribution in [0.2, 0.25) is 0 Å². The molecule has 1 heterocycles. The van der Waals surface area contributed by atoms with Crippen molar-refractivity contribution < 1.29 is 9.21 Å². The predicted octanol–water partition coefficient (Wildman–Crippen LogP) is 4.28. The number of anilines is 1. The number of para-hydroxylation sites is 1. The molecule has 0 bridgehead atoms. The van der Waals surface area contributed by atoms with E-state index in [1.165, 1.54) is 5.56 Å². The lowest BCUT2D eigenvalue weighted by atomic mass is 9.98. The molecule has 0 saturated heterocycles. The molecule has 3 nitrogen and oxygen atoms in total. The van der Waals surface area contributed by atoms with Crippen LogP contribution >= 0.6 is 0 Å². The summed E-state index contributed by atoms with van der Waals surface area (Å²) in [6.07, 6.45) is 2.69. The first kappa shape index (κ1) is 14.4. The molecule has 3 heteroatoms. The van der Waals surface area contributed by atoms with Gasteiger partial charge in [-0.25, -0.2) is 0 Å². The van der Waals surface area contributed by atoms with Gasteiger partial charge in [-0.1, -0.05) is 32.0 Å². The van der Waals surface area contributed by atoms with Crippen LogP contribution in [0.5, 0.6) is 0 Å². The fourth-order valence-electron chi connectivity index (χ4n) is 2.24. The minimum absolute atomic E-state index is 0.0256. The highest BCUT2D eigenvalue weighted by Gasteiger charge is 2.12. The van der Waals surface area contributed by atoms with Gasteiger partial charge in [0.2, 0.25) is 5.91 Å². The van der Waals surface area contributed by atoms with Crippen molar-refractivity contribution in [3.63, 3.8) is 0 Å². The summed E-state index contributed by atoms with van der Waals surface area (Å²) in [4.78, 5) is 12.1. The number of furan rings is 1. The van der Waals surface area contributed by atoms with E-state index in [1.807, 2.05) is 31.2 Å². The number of amides is 1. The molecule has 1 aromatic heterocycles. The van der Waals surface area contributed by atoms with Crippen LogP contribution in [0.25, 0.3) is 0 Å². The van der Waals surface area contributed by atoms with Crippen LogP contribution in [-0.4, -0.2) is 5.91 Å². The van der Waals surface area contributed by atoms with Gasteiger partial charge in [-0.3, -0.25) is 4.79 Å². The minimum Gasteiger partial charge on any atom is -0.469 e. The van der Waals surface area contributed by atoms with E-state index in [-0.39, 0.29) is 5.91 Å². The van der Waals surface area contributed by atoms with Crippen molar-refractivity contribution in [2.75, 3.05) is 5.32 Å². The first-order valence-corrected chi connectivity index (χ1v) is 6.99. The van der Waals surface area contributed by atoms with Gasteiger partial charge < -0.3 is 9.73 Å². The van der Waals surface area contributed by atoms with Crippen molar-refractivity contribution in [2.45, 2.75) is 39.5 Å². The summed E-state index contributed by atoms with van der Waals surface area (Å²) < 4.78 is 5.24. The SMILES string of the molecule is Cc1cccc(C(C)C)c1NC(=O)CCc1ccco1. The maximum Gasteiger partial charge on any atom is 0.224 e. The predicted molar refractivity (Wildman–Crippen MR) is 80.9 cm³/mol. The molecule has 0 spiro atoms. The Hall–Kier alpha value is -2.03. The van der Waals surface area contributed by atoms with Crippen LogP contribution < -0.4 is 5.32 Å². The van der Waals surface area contributed by atoms with Gasteiger partial charge in [-0.05, 0) is 36.1 Å². The molecule has 1 aromatic carbocycles. The average molecular weight is 271 g/mol. The van der Waals surface area contributed by atoms with Gasteiger partial charge in [0.25, 0.3) is 0 Å². The molecule has 0 aliphatic heterocycles. The number of benzene rings is 1. The Morgan fingerprint density at radius 2 is 2.05 bits per heavy atom.